The Bertz CT molecular complexity index is 737. The SMILES string of the molecule is Oc1ccc(Br)c([C@H]2Nc3ccc(F)cc3[C@H]3OCC[C@@H]23)c1. The lowest BCUT2D eigenvalue weighted by Gasteiger charge is -2.37. The van der Waals surface area contributed by atoms with Crippen molar-refractivity contribution in [3.8, 4) is 5.75 Å². The van der Waals surface area contributed by atoms with E-state index in [-0.39, 0.29) is 29.6 Å². The van der Waals surface area contributed by atoms with Crippen LogP contribution in [0.2, 0.25) is 0 Å². The molecule has 0 aromatic heterocycles. The van der Waals surface area contributed by atoms with Gasteiger partial charge in [-0.15, -0.1) is 0 Å². The third kappa shape index (κ3) is 2.20. The van der Waals surface area contributed by atoms with Crippen molar-refractivity contribution in [1.29, 1.82) is 0 Å². The second-order valence-corrected chi connectivity index (χ2v) is 6.66. The van der Waals surface area contributed by atoms with E-state index in [0.29, 0.717) is 6.61 Å². The smallest absolute Gasteiger partial charge is 0.123 e. The maximum Gasteiger partial charge on any atom is 0.123 e. The molecule has 0 aliphatic carbocycles. The molecule has 0 spiro atoms. The lowest BCUT2D eigenvalue weighted by atomic mass is 9.81. The molecule has 5 heteroatoms. The number of nitrogens with one attached hydrogen (secondary N) is 1. The molecule has 3 nitrogen and oxygen atoms in total. The van der Waals surface area contributed by atoms with Gasteiger partial charge in [0, 0.05) is 28.2 Å². The summed E-state index contributed by atoms with van der Waals surface area (Å²) >= 11 is 3.56. The maximum absolute atomic E-state index is 13.6. The van der Waals surface area contributed by atoms with Crippen molar-refractivity contribution in [2.24, 2.45) is 5.92 Å². The zero-order valence-electron chi connectivity index (χ0n) is 11.7. The normalized spacial score (nSPS) is 26.2. The third-order valence-electron chi connectivity index (χ3n) is 4.51. The summed E-state index contributed by atoms with van der Waals surface area (Å²) in [6, 6.07) is 10.1. The largest absolute Gasteiger partial charge is 0.508 e. The number of phenols is 1. The van der Waals surface area contributed by atoms with Gasteiger partial charge in [0.2, 0.25) is 0 Å². The fourth-order valence-electron chi connectivity index (χ4n) is 3.52. The number of ether oxygens (including phenoxy) is 1. The summed E-state index contributed by atoms with van der Waals surface area (Å²) in [6.45, 7) is 0.667. The van der Waals surface area contributed by atoms with Gasteiger partial charge in [-0.1, -0.05) is 15.9 Å². The molecule has 0 saturated carbocycles. The summed E-state index contributed by atoms with van der Waals surface area (Å²) in [6.07, 6.45) is 0.798. The molecule has 2 aliphatic rings. The highest BCUT2D eigenvalue weighted by Gasteiger charge is 2.42. The first-order valence-electron chi connectivity index (χ1n) is 7.29. The molecule has 2 N–H and O–H groups in total. The van der Waals surface area contributed by atoms with Gasteiger partial charge in [-0.05, 0) is 48.4 Å². The van der Waals surface area contributed by atoms with E-state index in [1.807, 2.05) is 6.07 Å². The molecule has 3 atom stereocenters. The molecule has 2 aromatic carbocycles. The van der Waals surface area contributed by atoms with Crippen LogP contribution in [0, 0.1) is 11.7 Å². The van der Waals surface area contributed by atoms with Gasteiger partial charge >= 0.3 is 0 Å². The Kier molecular flexibility index (Phi) is 3.35. The van der Waals surface area contributed by atoms with Gasteiger partial charge in [0.1, 0.15) is 11.6 Å². The van der Waals surface area contributed by atoms with E-state index in [4.69, 9.17) is 4.74 Å². The number of phenolic OH excluding ortho intramolecular Hbond substituents is 1. The minimum absolute atomic E-state index is 0.0203. The standard InChI is InChI=1S/C17H15BrFNO2/c18-14-3-2-10(21)8-12(14)16-11-5-6-22-17(11)13-7-9(19)1-4-15(13)20-16/h1-4,7-8,11,16-17,20-21H,5-6H2/t11-,16-,17-/m0/s1. The average molecular weight is 364 g/mol. The van der Waals surface area contributed by atoms with Crippen LogP contribution in [-0.4, -0.2) is 11.7 Å². The minimum atomic E-state index is -0.244. The number of rotatable bonds is 1. The van der Waals surface area contributed by atoms with Crippen molar-refractivity contribution in [3.05, 3.63) is 57.8 Å². The van der Waals surface area contributed by atoms with Crippen LogP contribution in [0.15, 0.2) is 40.9 Å². The Morgan fingerprint density at radius 1 is 1.18 bits per heavy atom. The van der Waals surface area contributed by atoms with Crippen LogP contribution >= 0.6 is 15.9 Å². The molecule has 0 amide bonds. The second kappa shape index (κ2) is 5.25. The molecule has 114 valence electrons. The summed E-state index contributed by atoms with van der Waals surface area (Å²) in [5.41, 5.74) is 2.77. The van der Waals surface area contributed by atoms with Crippen molar-refractivity contribution in [2.75, 3.05) is 11.9 Å². The van der Waals surface area contributed by atoms with Gasteiger partial charge in [-0.3, -0.25) is 0 Å². The molecular weight excluding hydrogens is 349 g/mol. The molecule has 0 bridgehead atoms. The first-order chi connectivity index (χ1) is 10.6. The Morgan fingerprint density at radius 2 is 2.05 bits per heavy atom. The van der Waals surface area contributed by atoms with Gasteiger partial charge < -0.3 is 15.2 Å². The number of halogens is 2. The highest BCUT2D eigenvalue weighted by molar-refractivity contribution is 9.10. The molecule has 0 unspecified atom stereocenters. The van der Waals surface area contributed by atoms with Crippen molar-refractivity contribution in [2.45, 2.75) is 18.6 Å². The predicted octanol–water partition coefficient (Wildman–Crippen LogP) is 4.54. The summed E-state index contributed by atoms with van der Waals surface area (Å²) in [7, 11) is 0. The highest BCUT2D eigenvalue weighted by Crippen LogP contribution is 2.51. The van der Waals surface area contributed by atoms with E-state index in [2.05, 4.69) is 21.2 Å². The number of fused-ring (bicyclic) bond motifs is 3. The first-order valence-corrected chi connectivity index (χ1v) is 8.09. The van der Waals surface area contributed by atoms with Crippen LogP contribution in [0.5, 0.6) is 5.75 Å². The monoisotopic (exact) mass is 363 g/mol. The van der Waals surface area contributed by atoms with Crippen molar-refractivity contribution in [1.82, 2.24) is 0 Å². The Morgan fingerprint density at radius 3 is 2.91 bits per heavy atom. The van der Waals surface area contributed by atoms with Crippen molar-refractivity contribution >= 4 is 21.6 Å². The fraction of sp³-hybridized carbons (Fsp3) is 0.294. The Hall–Kier alpha value is -1.59. The van der Waals surface area contributed by atoms with E-state index >= 15 is 0 Å². The fourth-order valence-corrected chi connectivity index (χ4v) is 4.01. The van der Waals surface area contributed by atoms with E-state index in [1.165, 1.54) is 6.07 Å². The van der Waals surface area contributed by atoms with Crippen LogP contribution in [0.25, 0.3) is 0 Å². The van der Waals surface area contributed by atoms with Crippen molar-refractivity contribution < 1.29 is 14.2 Å². The topological polar surface area (TPSA) is 41.5 Å². The number of benzene rings is 2. The van der Waals surface area contributed by atoms with Crippen LogP contribution in [0.3, 0.4) is 0 Å². The van der Waals surface area contributed by atoms with Gasteiger partial charge in [0.05, 0.1) is 12.1 Å². The molecule has 1 fully saturated rings. The molecular formula is C17H15BrFNO2. The lowest BCUT2D eigenvalue weighted by molar-refractivity contribution is 0.0826. The zero-order chi connectivity index (χ0) is 15.3. The van der Waals surface area contributed by atoms with Crippen LogP contribution in [0.1, 0.15) is 29.7 Å². The van der Waals surface area contributed by atoms with Crippen LogP contribution in [-0.2, 0) is 4.74 Å². The quantitative estimate of drug-likeness (QED) is 0.781. The molecule has 0 radical (unpaired) electrons. The van der Waals surface area contributed by atoms with Gasteiger partial charge in [0.15, 0.2) is 0 Å². The highest BCUT2D eigenvalue weighted by atomic mass is 79.9. The molecule has 2 aliphatic heterocycles. The third-order valence-corrected chi connectivity index (χ3v) is 5.23. The summed E-state index contributed by atoms with van der Waals surface area (Å²) in [5, 5.41) is 13.3. The molecule has 1 saturated heterocycles. The van der Waals surface area contributed by atoms with Gasteiger partial charge in [-0.25, -0.2) is 4.39 Å². The molecule has 2 heterocycles. The number of hydrogen-bond acceptors (Lipinski definition) is 3. The number of hydrogen-bond donors (Lipinski definition) is 2. The molecule has 2 aromatic rings. The Balaban J connectivity index is 1.82. The second-order valence-electron chi connectivity index (χ2n) is 5.80. The first kappa shape index (κ1) is 14.0. The van der Waals surface area contributed by atoms with E-state index in [1.54, 1.807) is 24.3 Å². The summed E-state index contributed by atoms with van der Waals surface area (Å²) in [5.74, 6) is 0.208. The van der Waals surface area contributed by atoms with Crippen LogP contribution in [0.4, 0.5) is 10.1 Å². The van der Waals surface area contributed by atoms with E-state index in [0.717, 1.165) is 27.7 Å². The summed E-state index contributed by atoms with van der Waals surface area (Å²) < 4.78 is 20.4. The van der Waals surface area contributed by atoms with Gasteiger partial charge in [0.25, 0.3) is 0 Å². The van der Waals surface area contributed by atoms with Crippen LogP contribution < -0.4 is 5.32 Å². The van der Waals surface area contributed by atoms with Crippen molar-refractivity contribution in [3.63, 3.8) is 0 Å². The lowest BCUT2D eigenvalue weighted by Crippen LogP contribution is -2.29. The minimum Gasteiger partial charge on any atom is -0.508 e. The predicted molar refractivity (Wildman–Crippen MR) is 85.4 cm³/mol. The number of aromatic hydroxyl groups is 1. The zero-order valence-corrected chi connectivity index (χ0v) is 13.3. The van der Waals surface area contributed by atoms with E-state index < -0.39 is 0 Å². The molecule has 4 rings (SSSR count). The maximum atomic E-state index is 13.6. The average Bonchev–Trinajstić information content (AvgIpc) is 2.99. The molecule has 22 heavy (non-hydrogen) atoms. The summed E-state index contributed by atoms with van der Waals surface area (Å²) in [4.78, 5) is 0. The van der Waals surface area contributed by atoms with Gasteiger partial charge in [-0.2, -0.15) is 0 Å². The number of anilines is 1. The van der Waals surface area contributed by atoms with E-state index in [9.17, 15) is 9.50 Å². The Labute approximate surface area is 136 Å².